The molecular formula is C2H4BNO3. The van der Waals surface area contributed by atoms with Crippen LogP contribution >= 0.6 is 0 Å². The molecule has 0 rings (SSSR count). The molecule has 0 fully saturated rings. The molecule has 0 atom stereocenters. The zero-order valence-corrected chi connectivity index (χ0v) is 3.66. The molecule has 4 nitrogen and oxygen atoms in total. The van der Waals surface area contributed by atoms with Crippen molar-refractivity contribution >= 4 is 7.85 Å². The molecule has 5 heteroatoms. The van der Waals surface area contributed by atoms with Gasteiger partial charge in [-0.25, -0.2) is 0 Å². The first-order chi connectivity index (χ1) is 3.27. The van der Waals surface area contributed by atoms with Crippen LogP contribution in [0.2, 0.25) is 6.32 Å². The van der Waals surface area contributed by atoms with Crippen molar-refractivity contribution in [1.29, 1.82) is 0 Å². The highest BCUT2D eigenvalue weighted by Gasteiger charge is 1.87. The summed E-state index contributed by atoms with van der Waals surface area (Å²) >= 11 is 0. The maximum atomic E-state index is 9.29. The van der Waals surface area contributed by atoms with Gasteiger partial charge in [0.05, 0.1) is 14.5 Å². The minimum absolute atomic E-state index is 0.0208. The maximum Gasteiger partial charge on any atom is 0.294 e. The van der Waals surface area contributed by atoms with E-state index >= 15 is 0 Å². The Labute approximate surface area is 42.0 Å². The van der Waals surface area contributed by atoms with Crippen molar-refractivity contribution in [2.24, 2.45) is 0 Å². The summed E-state index contributed by atoms with van der Waals surface area (Å²) in [5, 5.41) is 8.42. The first-order valence-electron chi connectivity index (χ1n) is 1.74. The maximum absolute atomic E-state index is 9.29. The van der Waals surface area contributed by atoms with Crippen LogP contribution in [0.3, 0.4) is 0 Å². The van der Waals surface area contributed by atoms with Gasteiger partial charge in [0.25, 0.3) is 5.09 Å². The molecule has 0 unspecified atom stereocenters. The lowest BCUT2D eigenvalue weighted by atomic mass is 10.1. The van der Waals surface area contributed by atoms with E-state index in [0.29, 0.717) is 0 Å². The standard InChI is InChI=1S/C2H4BNO3/c3-1-2-7-4(5)6/h1-2H2. The second-order valence-corrected chi connectivity index (χ2v) is 0.846. The Balaban J connectivity index is 2.82. The highest BCUT2D eigenvalue weighted by molar-refractivity contribution is 6.08. The lowest BCUT2D eigenvalue weighted by molar-refractivity contribution is -0.756. The van der Waals surface area contributed by atoms with E-state index in [1.807, 2.05) is 0 Å². The molecule has 0 aliphatic carbocycles. The first-order valence-corrected chi connectivity index (χ1v) is 1.74. The third-order valence-electron chi connectivity index (χ3n) is 0.315. The summed E-state index contributed by atoms with van der Waals surface area (Å²) in [6.07, 6.45) is 0.182. The van der Waals surface area contributed by atoms with Crippen LogP contribution in [0.15, 0.2) is 0 Å². The Kier molecular flexibility index (Phi) is 3.09. The second kappa shape index (κ2) is 3.45. The van der Waals surface area contributed by atoms with E-state index in [-0.39, 0.29) is 12.9 Å². The summed E-state index contributed by atoms with van der Waals surface area (Å²) in [5.41, 5.74) is 0. The van der Waals surface area contributed by atoms with Crippen molar-refractivity contribution in [3.8, 4) is 0 Å². The quantitative estimate of drug-likeness (QED) is 0.280. The molecule has 7 heavy (non-hydrogen) atoms. The van der Waals surface area contributed by atoms with E-state index in [4.69, 9.17) is 7.85 Å². The van der Waals surface area contributed by atoms with Crippen LogP contribution in [0.1, 0.15) is 0 Å². The summed E-state index contributed by atoms with van der Waals surface area (Å²) in [6.45, 7) is -0.0208. The second-order valence-electron chi connectivity index (χ2n) is 0.846. The van der Waals surface area contributed by atoms with Gasteiger partial charge in [0, 0.05) is 0 Å². The highest BCUT2D eigenvalue weighted by atomic mass is 16.9. The molecule has 0 amide bonds. The first kappa shape index (κ1) is 6.26. The molecule has 0 saturated heterocycles. The SMILES string of the molecule is [B]CCO[N+](=O)[O-]. The Hall–Kier alpha value is -0.735. The molecule has 2 radical (unpaired) electrons. The van der Waals surface area contributed by atoms with Crippen LogP contribution in [0.25, 0.3) is 0 Å². The van der Waals surface area contributed by atoms with Gasteiger partial charge in [-0.2, -0.15) is 0 Å². The Morgan fingerprint density at radius 1 is 1.86 bits per heavy atom. The molecular weight excluding hydrogens is 96.8 g/mol. The number of nitrogens with zero attached hydrogens (tertiary/aromatic N) is 1. The average Bonchev–Trinajstić information content (AvgIpc) is 1.61. The molecule has 38 valence electrons. The molecule has 0 aromatic heterocycles. The molecule has 0 aromatic rings. The third-order valence-corrected chi connectivity index (χ3v) is 0.315. The summed E-state index contributed by atoms with van der Waals surface area (Å²) in [7, 11) is 4.85. The molecule has 0 heterocycles. The van der Waals surface area contributed by atoms with Crippen molar-refractivity contribution in [2.75, 3.05) is 6.61 Å². The van der Waals surface area contributed by atoms with E-state index < -0.39 is 5.09 Å². The van der Waals surface area contributed by atoms with Gasteiger partial charge in [-0.15, -0.1) is 10.1 Å². The van der Waals surface area contributed by atoms with Crippen molar-refractivity contribution in [2.45, 2.75) is 6.32 Å². The lowest BCUT2D eigenvalue weighted by Crippen LogP contribution is -2.00. The summed E-state index contributed by atoms with van der Waals surface area (Å²) < 4.78 is 0. The Bertz CT molecular complexity index is 66.0. The van der Waals surface area contributed by atoms with Crippen LogP contribution in [0.5, 0.6) is 0 Å². The molecule has 0 aliphatic rings. The number of rotatable bonds is 3. The molecule has 0 N–H and O–H groups in total. The predicted molar refractivity (Wildman–Crippen MR) is 23.5 cm³/mol. The highest BCUT2D eigenvalue weighted by Crippen LogP contribution is 1.75. The largest absolute Gasteiger partial charge is 0.315 e. The minimum Gasteiger partial charge on any atom is -0.315 e. The normalized spacial score (nSPS) is 8.00. The molecule has 0 aromatic carbocycles. The van der Waals surface area contributed by atoms with Crippen molar-refractivity contribution in [1.82, 2.24) is 0 Å². The van der Waals surface area contributed by atoms with Crippen LogP contribution in [0, 0.1) is 10.1 Å². The Morgan fingerprint density at radius 2 is 2.43 bits per heavy atom. The number of hydrogen-bond donors (Lipinski definition) is 0. The monoisotopic (exact) mass is 101 g/mol. The summed E-state index contributed by atoms with van der Waals surface area (Å²) in [5.74, 6) is 0. The topological polar surface area (TPSA) is 52.4 Å². The fourth-order valence-corrected chi connectivity index (χ4v) is 0.127. The summed E-state index contributed by atoms with van der Waals surface area (Å²) in [4.78, 5) is 13.1. The van der Waals surface area contributed by atoms with E-state index in [9.17, 15) is 10.1 Å². The number of hydrogen-bond acceptors (Lipinski definition) is 3. The van der Waals surface area contributed by atoms with Gasteiger partial charge in [0.15, 0.2) is 0 Å². The molecule has 0 aliphatic heterocycles. The predicted octanol–water partition coefficient (Wildman–Crippen LogP) is -0.219. The van der Waals surface area contributed by atoms with Gasteiger partial charge in [-0.3, -0.25) is 0 Å². The van der Waals surface area contributed by atoms with Gasteiger partial charge < -0.3 is 4.84 Å². The average molecular weight is 101 g/mol. The van der Waals surface area contributed by atoms with Gasteiger partial charge in [-0.05, 0) is 0 Å². The fourth-order valence-electron chi connectivity index (χ4n) is 0.127. The Morgan fingerprint density at radius 3 is 2.57 bits per heavy atom. The zero-order chi connectivity index (χ0) is 5.70. The van der Waals surface area contributed by atoms with Gasteiger partial charge in [0.2, 0.25) is 0 Å². The van der Waals surface area contributed by atoms with E-state index in [0.717, 1.165) is 0 Å². The van der Waals surface area contributed by atoms with Crippen molar-refractivity contribution < 1.29 is 9.92 Å². The molecule has 0 spiro atoms. The smallest absolute Gasteiger partial charge is 0.294 e. The third kappa shape index (κ3) is 5.26. The van der Waals surface area contributed by atoms with Gasteiger partial charge in [0.1, 0.15) is 0 Å². The van der Waals surface area contributed by atoms with E-state index in [1.165, 1.54) is 0 Å². The van der Waals surface area contributed by atoms with E-state index in [2.05, 4.69) is 4.84 Å². The minimum atomic E-state index is -0.868. The fraction of sp³-hybridized carbons (Fsp3) is 1.00. The van der Waals surface area contributed by atoms with Crippen LogP contribution in [0.4, 0.5) is 0 Å². The van der Waals surface area contributed by atoms with Crippen LogP contribution in [-0.2, 0) is 4.84 Å². The van der Waals surface area contributed by atoms with Gasteiger partial charge >= 0.3 is 0 Å². The zero-order valence-electron chi connectivity index (χ0n) is 3.66. The van der Waals surface area contributed by atoms with Crippen LogP contribution < -0.4 is 0 Å². The van der Waals surface area contributed by atoms with Crippen LogP contribution in [-0.4, -0.2) is 19.5 Å². The summed E-state index contributed by atoms with van der Waals surface area (Å²) in [6, 6.07) is 0. The lowest BCUT2D eigenvalue weighted by Gasteiger charge is -1.89. The van der Waals surface area contributed by atoms with E-state index in [1.54, 1.807) is 0 Å². The van der Waals surface area contributed by atoms with Crippen molar-refractivity contribution in [3.05, 3.63) is 10.1 Å². The van der Waals surface area contributed by atoms with Crippen molar-refractivity contribution in [3.63, 3.8) is 0 Å². The molecule has 0 saturated carbocycles. The van der Waals surface area contributed by atoms with Gasteiger partial charge in [-0.1, -0.05) is 6.32 Å². The molecule has 0 bridgehead atoms.